The van der Waals surface area contributed by atoms with Crippen LogP contribution in [0.5, 0.6) is 11.5 Å². The zero-order chi connectivity index (χ0) is 19.3. The molecule has 0 saturated carbocycles. The Morgan fingerprint density at radius 1 is 1.15 bits per heavy atom. The molecule has 2 N–H and O–H groups in total. The zero-order valence-electron chi connectivity index (χ0n) is 14.3. The SMILES string of the molecule is COc1ccc(OCCN(C)C(=O)c2ccc(Cl)c(S(N)(=O)=O)c2)cc1. The minimum absolute atomic E-state index is 0.0328. The van der Waals surface area contributed by atoms with Crippen LogP contribution in [0.3, 0.4) is 0 Å². The zero-order valence-corrected chi connectivity index (χ0v) is 15.9. The first-order valence-corrected chi connectivity index (χ1v) is 9.49. The second-order valence-corrected chi connectivity index (χ2v) is 7.38. The molecule has 0 saturated heterocycles. The number of likely N-dealkylation sites (N-methyl/N-ethyl adjacent to an activating group) is 1. The third kappa shape index (κ3) is 5.10. The topological polar surface area (TPSA) is 98.9 Å². The molecule has 0 aromatic heterocycles. The van der Waals surface area contributed by atoms with Crippen molar-refractivity contribution >= 4 is 27.5 Å². The molecule has 7 nitrogen and oxygen atoms in total. The number of ether oxygens (including phenoxy) is 2. The second-order valence-electron chi connectivity index (χ2n) is 5.44. The van der Waals surface area contributed by atoms with E-state index in [1.54, 1.807) is 38.4 Å². The standard InChI is InChI=1S/C17H19ClN2O5S/c1-20(9-10-25-14-6-4-13(24-2)5-7-14)17(21)12-3-8-15(18)16(11-12)26(19,22)23/h3-8,11H,9-10H2,1-2H3,(H2,19,22,23). The Hall–Kier alpha value is -2.29. The van der Waals surface area contributed by atoms with Gasteiger partial charge in [0.2, 0.25) is 10.0 Å². The molecular weight excluding hydrogens is 380 g/mol. The molecule has 0 atom stereocenters. The number of sulfonamides is 1. The van der Waals surface area contributed by atoms with Crippen molar-refractivity contribution in [2.75, 3.05) is 27.3 Å². The molecule has 2 rings (SSSR count). The highest BCUT2D eigenvalue weighted by Crippen LogP contribution is 2.22. The summed E-state index contributed by atoms with van der Waals surface area (Å²) in [6, 6.07) is 11.0. The Morgan fingerprint density at radius 2 is 1.77 bits per heavy atom. The number of primary sulfonamides is 1. The highest BCUT2D eigenvalue weighted by Gasteiger charge is 2.18. The van der Waals surface area contributed by atoms with Crippen molar-refractivity contribution in [3.63, 3.8) is 0 Å². The number of hydrogen-bond acceptors (Lipinski definition) is 5. The lowest BCUT2D eigenvalue weighted by atomic mass is 10.2. The second kappa shape index (κ2) is 8.39. The van der Waals surface area contributed by atoms with E-state index in [0.29, 0.717) is 12.3 Å². The van der Waals surface area contributed by atoms with E-state index in [2.05, 4.69) is 0 Å². The van der Waals surface area contributed by atoms with Gasteiger partial charge in [-0.25, -0.2) is 13.6 Å². The van der Waals surface area contributed by atoms with Gasteiger partial charge in [0.15, 0.2) is 0 Å². The number of methoxy groups -OCH3 is 1. The van der Waals surface area contributed by atoms with E-state index >= 15 is 0 Å². The predicted molar refractivity (Wildman–Crippen MR) is 98.3 cm³/mol. The maximum atomic E-state index is 12.4. The average Bonchev–Trinajstić information content (AvgIpc) is 2.61. The molecule has 2 aromatic carbocycles. The van der Waals surface area contributed by atoms with Gasteiger partial charge in [-0.1, -0.05) is 11.6 Å². The van der Waals surface area contributed by atoms with Gasteiger partial charge in [0.25, 0.3) is 5.91 Å². The Kier molecular flexibility index (Phi) is 6.47. The van der Waals surface area contributed by atoms with Gasteiger partial charge in [0.1, 0.15) is 23.0 Å². The number of hydrogen-bond donors (Lipinski definition) is 1. The molecule has 0 aliphatic carbocycles. The third-order valence-corrected chi connectivity index (χ3v) is 4.98. The predicted octanol–water partition coefficient (Wildman–Crippen LogP) is 2.15. The minimum atomic E-state index is -4.01. The van der Waals surface area contributed by atoms with Crippen molar-refractivity contribution in [3.05, 3.63) is 53.1 Å². The molecule has 0 bridgehead atoms. The molecule has 0 fully saturated rings. The fourth-order valence-corrected chi connectivity index (χ4v) is 3.22. The number of halogens is 1. The average molecular weight is 399 g/mol. The first kappa shape index (κ1) is 20.0. The van der Waals surface area contributed by atoms with Gasteiger partial charge < -0.3 is 14.4 Å². The van der Waals surface area contributed by atoms with E-state index in [1.807, 2.05) is 0 Å². The van der Waals surface area contributed by atoms with Crippen LogP contribution in [0.4, 0.5) is 0 Å². The van der Waals surface area contributed by atoms with Crippen molar-refractivity contribution in [1.82, 2.24) is 4.90 Å². The first-order valence-electron chi connectivity index (χ1n) is 7.57. The van der Waals surface area contributed by atoms with Crippen LogP contribution in [0.25, 0.3) is 0 Å². The Labute approximate surface area is 157 Å². The molecule has 26 heavy (non-hydrogen) atoms. The molecular formula is C17H19ClN2O5S. The molecule has 9 heteroatoms. The Bertz CT molecular complexity index is 885. The minimum Gasteiger partial charge on any atom is -0.497 e. The van der Waals surface area contributed by atoms with Gasteiger partial charge >= 0.3 is 0 Å². The number of amides is 1. The normalized spacial score (nSPS) is 11.1. The van der Waals surface area contributed by atoms with Crippen LogP contribution in [-0.2, 0) is 10.0 Å². The van der Waals surface area contributed by atoms with E-state index in [1.165, 1.54) is 23.1 Å². The van der Waals surface area contributed by atoms with Gasteiger partial charge in [0.05, 0.1) is 18.7 Å². The number of carbonyl (C=O) groups is 1. The molecule has 0 spiro atoms. The molecule has 0 unspecified atom stereocenters. The molecule has 0 heterocycles. The number of carbonyl (C=O) groups excluding carboxylic acids is 1. The number of nitrogens with zero attached hydrogens (tertiary/aromatic N) is 1. The number of rotatable bonds is 7. The molecule has 0 aliphatic heterocycles. The summed E-state index contributed by atoms with van der Waals surface area (Å²) in [6.45, 7) is 0.572. The van der Waals surface area contributed by atoms with Crippen LogP contribution in [0, 0.1) is 0 Å². The summed E-state index contributed by atoms with van der Waals surface area (Å²) in [5.74, 6) is 0.998. The van der Waals surface area contributed by atoms with E-state index in [9.17, 15) is 13.2 Å². The van der Waals surface area contributed by atoms with Gasteiger partial charge in [-0.15, -0.1) is 0 Å². The smallest absolute Gasteiger partial charge is 0.253 e. The van der Waals surface area contributed by atoms with Crippen LogP contribution < -0.4 is 14.6 Å². The summed E-state index contributed by atoms with van der Waals surface area (Å²) in [4.78, 5) is 13.6. The Morgan fingerprint density at radius 3 is 2.35 bits per heavy atom. The lowest BCUT2D eigenvalue weighted by molar-refractivity contribution is 0.0773. The summed E-state index contributed by atoms with van der Waals surface area (Å²) < 4.78 is 33.7. The molecule has 0 radical (unpaired) electrons. The van der Waals surface area contributed by atoms with Crippen LogP contribution in [0.2, 0.25) is 5.02 Å². The highest BCUT2D eigenvalue weighted by molar-refractivity contribution is 7.89. The van der Waals surface area contributed by atoms with E-state index in [0.717, 1.165) is 5.75 Å². The summed E-state index contributed by atoms with van der Waals surface area (Å²) in [6.07, 6.45) is 0. The van der Waals surface area contributed by atoms with Crippen molar-refractivity contribution in [2.45, 2.75) is 4.90 Å². The lowest BCUT2D eigenvalue weighted by Crippen LogP contribution is -2.31. The molecule has 140 valence electrons. The lowest BCUT2D eigenvalue weighted by Gasteiger charge is -2.18. The third-order valence-electron chi connectivity index (χ3n) is 3.59. The van der Waals surface area contributed by atoms with Crippen molar-refractivity contribution < 1.29 is 22.7 Å². The van der Waals surface area contributed by atoms with Gasteiger partial charge in [0, 0.05) is 12.6 Å². The fourth-order valence-electron chi connectivity index (χ4n) is 2.15. The molecule has 2 aromatic rings. The quantitative estimate of drug-likeness (QED) is 0.770. The summed E-state index contributed by atoms with van der Waals surface area (Å²) in [7, 11) is -0.845. The maximum Gasteiger partial charge on any atom is 0.253 e. The first-order chi connectivity index (χ1) is 12.2. The van der Waals surface area contributed by atoms with Gasteiger partial charge in [-0.05, 0) is 42.5 Å². The molecule has 0 aliphatic rings. The maximum absolute atomic E-state index is 12.4. The fraction of sp³-hybridized carbons (Fsp3) is 0.235. The van der Waals surface area contributed by atoms with Crippen LogP contribution in [0.1, 0.15) is 10.4 Å². The summed E-state index contributed by atoms with van der Waals surface area (Å²) in [5.41, 5.74) is 0.172. The van der Waals surface area contributed by atoms with Crippen LogP contribution in [0.15, 0.2) is 47.4 Å². The monoisotopic (exact) mass is 398 g/mol. The number of benzene rings is 2. The largest absolute Gasteiger partial charge is 0.497 e. The van der Waals surface area contributed by atoms with E-state index < -0.39 is 10.0 Å². The van der Waals surface area contributed by atoms with Crippen molar-refractivity contribution in [2.24, 2.45) is 5.14 Å². The van der Waals surface area contributed by atoms with Crippen molar-refractivity contribution in [1.29, 1.82) is 0 Å². The van der Waals surface area contributed by atoms with E-state index in [-0.39, 0.29) is 28.0 Å². The summed E-state index contributed by atoms with van der Waals surface area (Å²) in [5, 5.41) is 5.07. The van der Waals surface area contributed by atoms with E-state index in [4.69, 9.17) is 26.2 Å². The van der Waals surface area contributed by atoms with Crippen LogP contribution in [-0.4, -0.2) is 46.5 Å². The van der Waals surface area contributed by atoms with Crippen molar-refractivity contribution in [3.8, 4) is 11.5 Å². The highest BCUT2D eigenvalue weighted by atomic mass is 35.5. The number of nitrogens with two attached hydrogens (primary N) is 1. The van der Waals surface area contributed by atoms with Gasteiger partial charge in [-0.3, -0.25) is 4.79 Å². The summed E-state index contributed by atoms with van der Waals surface area (Å²) >= 11 is 5.83. The van der Waals surface area contributed by atoms with Crippen LogP contribution >= 0.6 is 11.6 Å². The van der Waals surface area contributed by atoms with Gasteiger partial charge in [-0.2, -0.15) is 0 Å². The molecule has 1 amide bonds. The Balaban J connectivity index is 1.98.